The fraction of sp³-hybridized carbons (Fsp3) is 0.438. The van der Waals surface area contributed by atoms with Gasteiger partial charge in [-0.05, 0) is 95.9 Å². The van der Waals surface area contributed by atoms with Gasteiger partial charge >= 0.3 is 0 Å². The Balaban J connectivity index is 0.928. The quantitative estimate of drug-likeness (QED) is 0.0767. The standard InChI is InChI=1S/C64H84N8/c1-5-17-49(18-6-1)37-57-45-69-61-25-13-14-26-62(61)70-46-58(38-50-19-7-2-8-20-50)67-43-55-33-35-56(36-34-55)44-68-60(40-52-23-11-4-12-24-52)48-72-64-28-16-15-27-63(64)71-47-59(39-51-21-9-3-10-22-51)66-42-54-31-29-53(30-32-54)41-65-57/h1-12,17-24,29-36,57-72H,13-16,25-28,37-48H2/t57-,58-,59-,60-,61-,62-,63-,64-/m1/s1. The smallest absolute Gasteiger partial charge is 0.0236 e. The predicted octanol–water partition coefficient (Wildman–Crippen LogP) is 9.18. The summed E-state index contributed by atoms with van der Waals surface area (Å²) in [6, 6.07) is 65.7. The van der Waals surface area contributed by atoms with Gasteiger partial charge in [-0.15, -0.1) is 0 Å². The van der Waals surface area contributed by atoms with Gasteiger partial charge < -0.3 is 42.5 Å². The fourth-order valence-corrected chi connectivity index (χ4v) is 11.5. The second-order valence-electron chi connectivity index (χ2n) is 21.3. The molecule has 0 aromatic heterocycles. The molecule has 4 bridgehead atoms. The van der Waals surface area contributed by atoms with Gasteiger partial charge in [-0.2, -0.15) is 0 Å². The third-order valence-electron chi connectivity index (χ3n) is 15.8. The minimum atomic E-state index is 0.306. The Labute approximate surface area is 432 Å². The van der Waals surface area contributed by atoms with Crippen molar-refractivity contribution in [3.63, 3.8) is 0 Å². The van der Waals surface area contributed by atoms with E-state index in [0.29, 0.717) is 48.3 Å². The van der Waals surface area contributed by atoms with Gasteiger partial charge in [0.2, 0.25) is 0 Å². The molecule has 6 aromatic rings. The number of hydrogen-bond donors (Lipinski definition) is 8. The normalized spacial score (nSPS) is 25.8. The van der Waals surface area contributed by atoms with Crippen LogP contribution in [-0.2, 0) is 51.9 Å². The molecule has 4 aliphatic heterocycles. The van der Waals surface area contributed by atoms with Gasteiger partial charge in [0, 0.05) is 101 Å². The third kappa shape index (κ3) is 17.0. The molecule has 380 valence electrons. The van der Waals surface area contributed by atoms with Gasteiger partial charge in [0.15, 0.2) is 0 Å². The lowest BCUT2D eigenvalue weighted by Crippen LogP contribution is -2.55. The summed E-state index contributed by atoms with van der Waals surface area (Å²) in [4.78, 5) is 0. The molecule has 2 aliphatic carbocycles. The van der Waals surface area contributed by atoms with Crippen molar-refractivity contribution in [1.82, 2.24) is 42.5 Å². The maximum absolute atomic E-state index is 4.12. The van der Waals surface area contributed by atoms with Gasteiger partial charge in [0.25, 0.3) is 0 Å². The molecule has 2 fully saturated rings. The zero-order valence-electron chi connectivity index (χ0n) is 42.9. The minimum absolute atomic E-state index is 0.306. The molecule has 0 unspecified atom stereocenters. The van der Waals surface area contributed by atoms with Crippen LogP contribution in [0.25, 0.3) is 0 Å². The molecule has 0 saturated heterocycles. The van der Waals surface area contributed by atoms with Crippen LogP contribution in [-0.4, -0.2) is 74.5 Å². The zero-order chi connectivity index (χ0) is 48.8. The summed E-state index contributed by atoms with van der Waals surface area (Å²) >= 11 is 0. The van der Waals surface area contributed by atoms with E-state index in [-0.39, 0.29) is 0 Å². The Morgan fingerprint density at radius 2 is 0.458 bits per heavy atom. The summed E-state index contributed by atoms with van der Waals surface area (Å²) in [5.74, 6) is 0. The summed E-state index contributed by atoms with van der Waals surface area (Å²) in [6.07, 6.45) is 13.9. The minimum Gasteiger partial charge on any atom is -0.311 e. The fourth-order valence-electron chi connectivity index (χ4n) is 11.5. The Morgan fingerprint density at radius 3 is 0.667 bits per heavy atom. The van der Waals surface area contributed by atoms with Crippen LogP contribution in [0.3, 0.4) is 0 Å². The predicted molar refractivity (Wildman–Crippen MR) is 300 cm³/mol. The highest BCUT2D eigenvalue weighted by Crippen LogP contribution is 2.22. The van der Waals surface area contributed by atoms with Crippen molar-refractivity contribution in [2.45, 2.75) is 152 Å². The van der Waals surface area contributed by atoms with Crippen molar-refractivity contribution in [2.24, 2.45) is 0 Å². The molecule has 4 heterocycles. The molecule has 72 heavy (non-hydrogen) atoms. The maximum Gasteiger partial charge on any atom is 0.0236 e. The van der Waals surface area contributed by atoms with Gasteiger partial charge in [-0.3, -0.25) is 0 Å². The first-order valence-corrected chi connectivity index (χ1v) is 27.8. The van der Waals surface area contributed by atoms with Crippen LogP contribution in [0.2, 0.25) is 0 Å². The molecule has 0 spiro atoms. The average Bonchev–Trinajstić information content (AvgIpc) is 3.43. The number of nitrogens with one attached hydrogen (secondary N) is 8. The monoisotopic (exact) mass is 965 g/mol. The van der Waals surface area contributed by atoms with Crippen molar-refractivity contribution in [1.29, 1.82) is 0 Å². The van der Waals surface area contributed by atoms with Crippen LogP contribution in [0, 0.1) is 0 Å². The van der Waals surface area contributed by atoms with Crippen molar-refractivity contribution in [2.75, 3.05) is 26.2 Å². The van der Waals surface area contributed by atoms with Crippen molar-refractivity contribution in [3.05, 3.63) is 214 Å². The average molecular weight is 965 g/mol. The second kappa shape index (κ2) is 28.5. The first kappa shape index (κ1) is 51.9. The van der Waals surface area contributed by atoms with Gasteiger partial charge in [0.1, 0.15) is 0 Å². The summed E-state index contributed by atoms with van der Waals surface area (Å²) < 4.78 is 0. The highest BCUT2D eigenvalue weighted by molar-refractivity contribution is 5.25. The molecule has 0 amide bonds. The van der Waals surface area contributed by atoms with Crippen LogP contribution in [0.1, 0.15) is 95.9 Å². The van der Waals surface area contributed by atoms with Crippen molar-refractivity contribution in [3.8, 4) is 0 Å². The molecule has 8 nitrogen and oxygen atoms in total. The van der Waals surface area contributed by atoms with Gasteiger partial charge in [-0.25, -0.2) is 0 Å². The largest absolute Gasteiger partial charge is 0.311 e. The number of benzene rings is 6. The Morgan fingerprint density at radius 1 is 0.250 bits per heavy atom. The molecule has 8 atom stereocenters. The lowest BCUT2D eigenvalue weighted by atomic mass is 9.89. The van der Waals surface area contributed by atoms with Crippen LogP contribution in [0.15, 0.2) is 170 Å². The van der Waals surface area contributed by atoms with E-state index in [4.69, 9.17) is 0 Å². The highest BCUT2D eigenvalue weighted by Gasteiger charge is 2.28. The van der Waals surface area contributed by atoms with Crippen LogP contribution >= 0.6 is 0 Å². The summed E-state index contributed by atoms with van der Waals surface area (Å²) in [6.45, 7) is 7.09. The second-order valence-corrected chi connectivity index (χ2v) is 21.3. The van der Waals surface area contributed by atoms with Gasteiger partial charge in [-0.1, -0.05) is 196 Å². The summed E-state index contributed by atoms with van der Waals surface area (Å²) in [5, 5.41) is 32.5. The molecule has 6 aromatic carbocycles. The van der Waals surface area contributed by atoms with E-state index in [9.17, 15) is 0 Å². The van der Waals surface area contributed by atoms with E-state index < -0.39 is 0 Å². The van der Waals surface area contributed by atoms with E-state index >= 15 is 0 Å². The van der Waals surface area contributed by atoms with Gasteiger partial charge in [0.05, 0.1) is 0 Å². The van der Waals surface area contributed by atoms with E-state index in [2.05, 4.69) is 212 Å². The number of hydrogen-bond acceptors (Lipinski definition) is 8. The Hall–Kier alpha value is -5.00. The van der Waals surface area contributed by atoms with E-state index in [1.54, 1.807) is 0 Å². The van der Waals surface area contributed by atoms with Crippen LogP contribution < -0.4 is 42.5 Å². The highest BCUT2D eigenvalue weighted by atomic mass is 15.1. The van der Waals surface area contributed by atoms with Crippen molar-refractivity contribution >= 4 is 0 Å². The molecule has 2 saturated carbocycles. The topological polar surface area (TPSA) is 96.2 Å². The lowest BCUT2D eigenvalue weighted by molar-refractivity contribution is 0.266. The number of rotatable bonds is 8. The molecular formula is C64H84N8. The van der Waals surface area contributed by atoms with Crippen LogP contribution in [0.5, 0.6) is 0 Å². The summed E-state index contributed by atoms with van der Waals surface area (Å²) in [5.41, 5.74) is 10.8. The van der Waals surface area contributed by atoms with E-state index in [1.165, 1.54) is 95.9 Å². The third-order valence-corrected chi connectivity index (χ3v) is 15.8. The molecule has 0 radical (unpaired) electrons. The zero-order valence-corrected chi connectivity index (χ0v) is 42.9. The first-order valence-electron chi connectivity index (χ1n) is 27.8. The lowest BCUT2D eigenvalue weighted by Gasteiger charge is -2.35. The van der Waals surface area contributed by atoms with Crippen LogP contribution in [0.4, 0.5) is 0 Å². The first-order chi connectivity index (χ1) is 35.6. The molecular weight excluding hydrogens is 881 g/mol. The molecule has 6 aliphatic rings. The van der Waals surface area contributed by atoms with E-state index in [0.717, 1.165) is 78.0 Å². The molecule has 12 rings (SSSR count). The van der Waals surface area contributed by atoms with E-state index in [1.807, 2.05) is 0 Å². The summed E-state index contributed by atoms with van der Waals surface area (Å²) in [7, 11) is 0. The van der Waals surface area contributed by atoms with Crippen molar-refractivity contribution < 1.29 is 0 Å². The molecule has 8 heteroatoms. The maximum atomic E-state index is 4.12. The Bertz CT molecular complexity index is 2040. The SMILES string of the molecule is c1ccc(C[C@@H]2CN[C@@H]3CCCC[C@H]3NC[C@@H](Cc3ccccc3)NCc3ccc(cc3)CN[C@H](Cc3ccccc3)CN[C@@H]3CCCC[C@H]3NC[C@@H](Cc3ccccc3)NCc3ccc(cc3)CN2)cc1. The Kier molecular flexibility index (Phi) is 20.5. The molecule has 8 N–H and O–H groups in total.